The van der Waals surface area contributed by atoms with E-state index in [1.54, 1.807) is 30.8 Å². The van der Waals surface area contributed by atoms with E-state index in [1.807, 2.05) is 12.1 Å². The quantitative estimate of drug-likeness (QED) is 0.627. The molecule has 1 amide bonds. The molecule has 1 aliphatic rings. The number of rotatable bonds is 4. The first-order valence-corrected chi connectivity index (χ1v) is 10.1. The van der Waals surface area contributed by atoms with Crippen LogP contribution in [0.3, 0.4) is 0 Å². The van der Waals surface area contributed by atoms with Gasteiger partial charge in [0.1, 0.15) is 16.8 Å². The minimum atomic E-state index is -4.50. The maximum atomic E-state index is 13.1. The van der Waals surface area contributed by atoms with Gasteiger partial charge in [-0.2, -0.15) is 13.2 Å². The van der Waals surface area contributed by atoms with Gasteiger partial charge in [-0.25, -0.2) is 4.68 Å². The van der Waals surface area contributed by atoms with Crippen LogP contribution in [0.1, 0.15) is 23.0 Å². The van der Waals surface area contributed by atoms with Gasteiger partial charge >= 0.3 is 6.18 Å². The third-order valence-corrected chi connectivity index (χ3v) is 6.00. The summed E-state index contributed by atoms with van der Waals surface area (Å²) in [7, 11) is 1.56. The molecule has 0 radical (unpaired) electrons. The lowest BCUT2D eigenvalue weighted by Crippen LogP contribution is -2.41. The minimum Gasteiger partial charge on any atom is -0.497 e. The molecule has 2 N–H and O–H groups in total. The Labute approximate surface area is 180 Å². The Morgan fingerprint density at radius 2 is 1.94 bits per heavy atom. The third-order valence-electron chi connectivity index (χ3n) is 4.79. The Kier molecular flexibility index (Phi) is 5.52. The zero-order valence-corrected chi connectivity index (χ0v) is 17.3. The number of alkyl halides is 3. The predicted octanol–water partition coefficient (Wildman–Crippen LogP) is 4.01. The molecule has 1 aromatic heterocycles. The molecule has 0 unspecified atom stereocenters. The first-order chi connectivity index (χ1) is 14.8. The van der Waals surface area contributed by atoms with Crippen molar-refractivity contribution in [2.75, 3.05) is 17.9 Å². The largest absolute Gasteiger partial charge is 0.497 e. The number of thioether (sulfide) groups is 1. The number of nitrogens with zero attached hydrogens (tertiary/aromatic N) is 3. The van der Waals surface area contributed by atoms with Crippen molar-refractivity contribution >= 4 is 23.4 Å². The van der Waals surface area contributed by atoms with E-state index in [4.69, 9.17) is 4.74 Å². The number of nitrogens with one attached hydrogen (secondary N) is 2. The Morgan fingerprint density at radius 1 is 1.19 bits per heavy atom. The van der Waals surface area contributed by atoms with E-state index in [-0.39, 0.29) is 5.69 Å². The van der Waals surface area contributed by atoms with Gasteiger partial charge in [-0.1, -0.05) is 30.0 Å². The molecule has 7 nitrogen and oxygen atoms in total. The SMILES string of the molecule is COc1ccc([C@@H]2Nn3c(C)nnc3S[C@@H]2C(=O)Nc2cccc(C(F)(F)F)c2)cc1. The average Bonchev–Trinajstić information content (AvgIpc) is 3.12. The molecule has 1 aliphatic heterocycles. The van der Waals surface area contributed by atoms with E-state index in [9.17, 15) is 18.0 Å². The molecule has 4 rings (SSSR count). The van der Waals surface area contributed by atoms with Crippen LogP contribution in [0.4, 0.5) is 18.9 Å². The Bertz CT molecular complexity index is 1100. The second-order valence-electron chi connectivity index (χ2n) is 6.85. The highest BCUT2D eigenvalue weighted by Gasteiger charge is 2.38. The monoisotopic (exact) mass is 449 g/mol. The van der Waals surface area contributed by atoms with Crippen molar-refractivity contribution in [1.82, 2.24) is 14.9 Å². The molecule has 162 valence electrons. The number of anilines is 1. The molecular formula is C20H18F3N5O2S. The first kappa shape index (κ1) is 21.0. The second kappa shape index (κ2) is 8.14. The fraction of sp³-hybridized carbons (Fsp3) is 0.250. The number of benzene rings is 2. The second-order valence-corrected chi connectivity index (χ2v) is 7.96. The fourth-order valence-electron chi connectivity index (χ4n) is 3.21. The van der Waals surface area contributed by atoms with Crippen LogP contribution in [0.2, 0.25) is 0 Å². The summed E-state index contributed by atoms with van der Waals surface area (Å²) in [6.45, 7) is 1.78. The number of amides is 1. The van der Waals surface area contributed by atoms with Crippen molar-refractivity contribution in [2.24, 2.45) is 0 Å². The van der Waals surface area contributed by atoms with Gasteiger partial charge in [0.15, 0.2) is 0 Å². The number of hydrogen-bond donors (Lipinski definition) is 2. The maximum absolute atomic E-state index is 13.1. The standard InChI is InChI=1S/C20H18F3N5O2S/c1-11-25-26-19-28(11)27-16(12-6-8-15(30-2)9-7-12)17(31-19)18(29)24-14-5-3-4-13(10-14)20(21,22)23/h3-10,16-17,27H,1-2H3,(H,24,29)/t16-,17-/m0/s1. The number of carbonyl (C=O) groups is 1. The van der Waals surface area contributed by atoms with Crippen LogP contribution in [-0.4, -0.2) is 33.1 Å². The van der Waals surface area contributed by atoms with Gasteiger partial charge < -0.3 is 15.5 Å². The number of aromatic nitrogens is 3. The highest BCUT2D eigenvalue weighted by atomic mass is 32.2. The number of carbonyl (C=O) groups excluding carboxylic acids is 1. The molecule has 0 fully saturated rings. The number of fused-ring (bicyclic) bond motifs is 1. The molecule has 31 heavy (non-hydrogen) atoms. The van der Waals surface area contributed by atoms with E-state index < -0.39 is 28.9 Å². The molecule has 2 atom stereocenters. The molecule has 0 spiro atoms. The van der Waals surface area contributed by atoms with Gasteiger partial charge in [0.2, 0.25) is 11.1 Å². The van der Waals surface area contributed by atoms with Crippen molar-refractivity contribution in [3.8, 4) is 5.75 Å². The van der Waals surface area contributed by atoms with E-state index >= 15 is 0 Å². The van der Waals surface area contributed by atoms with Gasteiger partial charge in [0, 0.05) is 5.69 Å². The summed E-state index contributed by atoms with van der Waals surface area (Å²) in [5.74, 6) is 0.834. The summed E-state index contributed by atoms with van der Waals surface area (Å²) in [5.41, 5.74) is 3.28. The molecule has 0 saturated carbocycles. The predicted molar refractivity (Wildman–Crippen MR) is 110 cm³/mol. The van der Waals surface area contributed by atoms with Crippen molar-refractivity contribution in [2.45, 2.75) is 29.5 Å². The molecule has 0 bridgehead atoms. The van der Waals surface area contributed by atoms with Gasteiger partial charge in [0.05, 0.1) is 18.7 Å². The topological polar surface area (TPSA) is 81.1 Å². The van der Waals surface area contributed by atoms with E-state index in [1.165, 1.54) is 23.9 Å². The Hall–Kier alpha value is -3.21. The number of methoxy groups -OCH3 is 1. The van der Waals surface area contributed by atoms with Crippen LogP contribution in [0, 0.1) is 6.92 Å². The van der Waals surface area contributed by atoms with Crippen molar-refractivity contribution in [3.63, 3.8) is 0 Å². The average molecular weight is 449 g/mol. The molecule has 3 aromatic rings. The van der Waals surface area contributed by atoms with E-state index in [0.717, 1.165) is 17.7 Å². The lowest BCUT2D eigenvalue weighted by atomic mass is 10.0. The van der Waals surface area contributed by atoms with Crippen LogP contribution in [0.15, 0.2) is 53.7 Å². The lowest BCUT2D eigenvalue weighted by molar-refractivity contribution is -0.137. The number of halogens is 3. The molecule has 2 aromatic carbocycles. The summed E-state index contributed by atoms with van der Waals surface area (Å²) in [5, 5.41) is 10.5. The summed E-state index contributed by atoms with van der Waals surface area (Å²) < 4.78 is 45.9. The first-order valence-electron chi connectivity index (χ1n) is 9.23. The summed E-state index contributed by atoms with van der Waals surface area (Å²) in [6, 6.07) is 11.3. The summed E-state index contributed by atoms with van der Waals surface area (Å²) in [6.07, 6.45) is -4.50. The summed E-state index contributed by atoms with van der Waals surface area (Å²) >= 11 is 1.19. The molecule has 0 aliphatic carbocycles. The lowest BCUT2D eigenvalue weighted by Gasteiger charge is -2.32. The molecule has 11 heteroatoms. The number of aryl methyl sites for hydroxylation is 1. The van der Waals surface area contributed by atoms with Gasteiger partial charge in [-0.3, -0.25) is 4.79 Å². The molecule has 0 saturated heterocycles. The fourth-order valence-corrected chi connectivity index (χ4v) is 4.33. The Morgan fingerprint density at radius 3 is 2.61 bits per heavy atom. The minimum absolute atomic E-state index is 0.0668. The van der Waals surface area contributed by atoms with Gasteiger partial charge in [0.25, 0.3) is 0 Å². The van der Waals surface area contributed by atoms with Crippen LogP contribution in [-0.2, 0) is 11.0 Å². The molecule has 2 heterocycles. The normalized spacial score (nSPS) is 18.1. The van der Waals surface area contributed by atoms with Crippen LogP contribution in [0.25, 0.3) is 0 Å². The number of ether oxygens (including phenoxy) is 1. The Balaban J connectivity index is 1.64. The highest BCUT2D eigenvalue weighted by Crippen LogP contribution is 2.38. The van der Waals surface area contributed by atoms with Crippen LogP contribution >= 0.6 is 11.8 Å². The van der Waals surface area contributed by atoms with Gasteiger partial charge in [-0.15, -0.1) is 10.2 Å². The maximum Gasteiger partial charge on any atom is 0.416 e. The third kappa shape index (κ3) is 4.31. The highest BCUT2D eigenvalue weighted by molar-refractivity contribution is 8.00. The van der Waals surface area contributed by atoms with Crippen molar-refractivity contribution in [1.29, 1.82) is 0 Å². The van der Waals surface area contributed by atoms with Crippen molar-refractivity contribution in [3.05, 3.63) is 65.5 Å². The molecular weight excluding hydrogens is 431 g/mol. The number of hydrogen-bond acceptors (Lipinski definition) is 6. The van der Waals surface area contributed by atoms with E-state index in [2.05, 4.69) is 20.9 Å². The van der Waals surface area contributed by atoms with Gasteiger partial charge in [-0.05, 0) is 42.8 Å². The zero-order chi connectivity index (χ0) is 22.2. The zero-order valence-electron chi connectivity index (χ0n) is 16.5. The van der Waals surface area contributed by atoms with Crippen LogP contribution in [0.5, 0.6) is 5.75 Å². The van der Waals surface area contributed by atoms with Crippen LogP contribution < -0.4 is 15.5 Å². The van der Waals surface area contributed by atoms with Crippen molar-refractivity contribution < 1.29 is 22.7 Å². The smallest absolute Gasteiger partial charge is 0.416 e. The van der Waals surface area contributed by atoms with E-state index in [0.29, 0.717) is 16.7 Å². The summed E-state index contributed by atoms with van der Waals surface area (Å²) in [4.78, 5) is 13.1.